The number of phenols is 1. The molecule has 4 heteroatoms. The van der Waals surface area contributed by atoms with E-state index in [1.165, 1.54) is 0 Å². The number of nitrogens with one attached hydrogen (secondary N) is 1. The van der Waals surface area contributed by atoms with E-state index < -0.39 is 10.8 Å². The number of aromatic hydroxyl groups is 1. The zero-order valence-electron chi connectivity index (χ0n) is 9.77. The van der Waals surface area contributed by atoms with Gasteiger partial charge < -0.3 is 10.4 Å². The van der Waals surface area contributed by atoms with Crippen molar-refractivity contribution in [1.82, 2.24) is 5.32 Å². The van der Waals surface area contributed by atoms with Crippen molar-refractivity contribution >= 4 is 10.8 Å². The van der Waals surface area contributed by atoms with E-state index in [0.29, 0.717) is 18.0 Å². The van der Waals surface area contributed by atoms with Gasteiger partial charge in [-0.05, 0) is 12.5 Å². The van der Waals surface area contributed by atoms with Gasteiger partial charge in [0, 0.05) is 41.0 Å². The summed E-state index contributed by atoms with van der Waals surface area (Å²) in [6.45, 7) is 2.77. The highest BCUT2D eigenvalue weighted by Crippen LogP contribution is 2.25. The average molecular weight is 241 g/mol. The molecule has 0 fully saturated rings. The van der Waals surface area contributed by atoms with Crippen molar-refractivity contribution in [2.75, 3.05) is 18.6 Å². The van der Waals surface area contributed by atoms with Crippen LogP contribution in [0.1, 0.15) is 24.9 Å². The number of para-hydroxylation sites is 1. The van der Waals surface area contributed by atoms with Crippen LogP contribution in [0.25, 0.3) is 0 Å². The second-order valence-corrected chi connectivity index (χ2v) is 5.31. The molecule has 0 radical (unpaired) electrons. The van der Waals surface area contributed by atoms with Crippen LogP contribution in [0.2, 0.25) is 0 Å². The molecule has 0 spiro atoms. The van der Waals surface area contributed by atoms with Gasteiger partial charge in [-0.25, -0.2) is 0 Å². The summed E-state index contributed by atoms with van der Waals surface area (Å²) in [4.78, 5) is 0. The van der Waals surface area contributed by atoms with Crippen LogP contribution in [-0.2, 0) is 10.8 Å². The number of hydrogen-bond donors (Lipinski definition) is 2. The van der Waals surface area contributed by atoms with E-state index in [1.54, 1.807) is 12.3 Å². The molecular formula is C12H19NO2S. The lowest BCUT2D eigenvalue weighted by Gasteiger charge is -2.18. The zero-order valence-corrected chi connectivity index (χ0v) is 10.6. The van der Waals surface area contributed by atoms with Crippen LogP contribution in [0.5, 0.6) is 5.75 Å². The van der Waals surface area contributed by atoms with Crippen molar-refractivity contribution in [3.63, 3.8) is 0 Å². The molecule has 2 N–H and O–H groups in total. The van der Waals surface area contributed by atoms with Gasteiger partial charge in [-0.3, -0.25) is 4.21 Å². The van der Waals surface area contributed by atoms with Crippen molar-refractivity contribution < 1.29 is 9.32 Å². The minimum atomic E-state index is -0.771. The first kappa shape index (κ1) is 13.2. The monoisotopic (exact) mass is 241 g/mol. The van der Waals surface area contributed by atoms with Gasteiger partial charge >= 0.3 is 0 Å². The molecule has 1 aromatic rings. The Bertz CT molecular complexity index is 355. The molecule has 0 amide bonds. The average Bonchev–Trinajstić information content (AvgIpc) is 2.25. The van der Waals surface area contributed by atoms with Crippen LogP contribution in [0.3, 0.4) is 0 Å². The smallest absolute Gasteiger partial charge is 0.120 e. The molecular weight excluding hydrogens is 222 g/mol. The molecule has 1 rings (SSSR count). The molecule has 1 aromatic carbocycles. The highest BCUT2D eigenvalue weighted by molar-refractivity contribution is 7.84. The molecule has 2 unspecified atom stereocenters. The Hall–Kier alpha value is -0.870. The largest absolute Gasteiger partial charge is 0.508 e. The fourth-order valence-electron chi connectivity index (χ4n) is 1.63. The molecule has 0 heterocycles. The summed E-state index contributed by atoms with van der Waals surface area (Å²) < 4.78 is 10.9. The lowest BCUT2D eigenvalue weighted by atomic mass is 10.0. The quantitative estimate of drug-likeness (QED) is 0.798. The van der Waals surface area contributed by atoms with Crippen molar-refractivity contribution in [2.45, 2.75) is 19.4 Å². The molecule has 0 aliphatic heterocycles. The Balaban J connectivity index is 2.60. The van der Waals surface area contributed by atoms with Gasteiger partial charge in [0.25, 0.3) is 0 Å². The van der Waals surface area contributed by atoms with E-state index in [4.69, 9.17) is 0 Å². The van der Waals surface area contributed by atoms with Crippen molar-refractivity contribution in [3.8, 4) is 5.75 Å². The standard InChI is InChI=1S/C12H19NO2S/c1-3-11(13-8-9-16(2)15)10-6-4-5-7-12(10)14/h4-7,11,13-14H,3,8-9H2,1-2H3. The molecule has 0 saturated heterocycles. The Morgan fingerprint density at radius 3 is 2.69 bits per heavy atom. The highest BCUT2D eigenvalue weighted by Gasteiger charge is 2.11. The van der Waals surface area contributed by atoms with Crippen LogP contribution in [0, 0.1) is 0 Å². The second kappa shape index (κ2) is 6.66. The van der Waals surface area contributed by atoms with E-state index in [9.17, 15) is 9.32 Å². The SMILES string of the molecule is CCC(NCCS(C)=O)c1ccccc1O. The van der Waals surface area contributed by atoms with Gasteiger partial charge in [0.05, 0.1) is 0 Å². The summed E-state index contributed by atoms with van der Waals surface area (Å²) in [6.07, 6.45) is 2.59. The van der Waals surface area contributed by atoms with Crippen molar-refractivity contribution in [3.05, 3.63) is 29.8 Å². The van der Waals surface area contributed by atoms with Crippen molar-refractivity contribution in [1.29, 1.82) is 0 Å². The van der Waals surface area contributed by atoms with E-state index in [1.807, 2.05) is 18.2 Å². The second-order valence-electron chi connectivity index (χ2n) is 3.75. The summed E-state index contributed by atoms with van der Waals surface area (Å²) in [5, 5.41) is 13.0. The van der Waals surface area contributed by atoms with Crippen LogP contribution in [-0.4, -0.2) is 27.9 Å². The Labute approximate surface area is 99.3 Å². The van der Waals surface area contributed by atoms with E-state index in [2.05, 4.69) is 12.2 Å². The topological polar surface area (TPSA) is 49.3 Å². The molecule has 0 saturated carbocycles. The molecule has 0 bridgehead atoms. The van der Waals surface area contributed by atoms with Gasteiger partial charge in [0.15, 0.2) is 0 Å². The molecule has 0 aromatic heterocycles. The Morgan fingerprint density at radius 2 is 2.12 bits per heavy atom. The molecule has 2 atom stereocenters. The molecule has 0 aliphatic rings. The normalized spacial score (nSPS) is 14.6. The first-order chi connectivity index (χ1) is 7.65. The predicted octanol–water partition coefficient (Wildman–Crippen LogP) is 1.81. The number of hydrogen-bond acceptors (Lipinski definition) is 3. The summed E-state index contributed by atoms with van der Waals surface area (Å²) in [5.74, 6) is 0.962. The summed E-state index contributed by atoms with van der Waals surface area (Å²) >= 11 is 0. The lowest BCUT2D eigenvalue weighted by molar-refractivity contribution is 0.445. The fourth-order valence-corrected chi connectivity index (χ4v) is 2.04. The molecule has 90 valence electrons. The van der Waals surface area contributed by atoms with Crippen LogP contribution < -0.4 is 5.32 Å². The fraction of sp³-hybridized carbons (Fsp3) is 0.500. The molecule has 3 nitrogen and oxygen atoms in total. The number of benzene rings is 1. The summed E-state index contributed by atoms with van der Waals surface area (Å²) in [5.41, 5.74) is 0.909. The first-order valence-electron chi connectivity index (χ1n) is 5.46. The van der Waals surface area contributed by atoms with Gasteiger partial charge in [-0.2, -0.15) is 0 Å². The van der Waals surface area contributed by atoms with Gasteiger partial charge in [-0.1, -0.05) is 25.1 Å². The van der Waals surface area contributed by atoms with Crippen LogP contribution in [0.15, 0.2) is 24.3 Å². The molecule has 0 aliphatic carbocycles. The zero-order chi connectivity index (χ0) is 12.0. The Morgan fingerprint density at radius 1 is 1.44 bits per heavy atom. The third kappa shape index (κ3) is 3.94. The highest BCUT2D eigenvalue weighted by atomic mass is 32.2. The van der Waals surface area contributed by atoms with Gasteiger partial charge in [0.1, 0.15) is 5.75 Å². The summed E-state index contributed by atoms with van der Waals surface area (Å²) in [7, 11) is -0.771. The number of phenolic OH excluding ortho intramolecular Hbond substituents is 1. The predicted molar refractivity (Wildman–Crippen MR) is 68.1 cm³/mol. The van der Waals surface area contributed by atoms with E-state index in [-0.39, 0.29) is 6.04 Å². The van der Waals surface area contributed by atoms with Gasteiger partial charge in [-0.15, -0.1) is 0 Å². The van der Waals surface area contributed by atoms with E-state index in [0.717, 1.165) is 12.0 Å². The lowest BCUT2D eigenvalue weighted by Crippen LogP contribution is -2.25. The van der Waals surface area contributed by atoms with Crippen LogP contribution >= 0.6 is 0 Å². The molecule has 16 heavy (non-hydrogen) atoms. The minimum absolute atomic E-state index is 0.129. The van der Waals surface area contributed by atoms with Gasteiger partial charge in [0.2, 0.25) is 0 Å². The van der Waals surface area contributed by atoms with E-state index >= 15 is 0 Å². The third-order valence-electron chi connectivity index (χ3n) is 2.50. The third-order valence-corrected chi connectivity index (χ3v) is 3.28. The summed E-state index contributed by atoms with van der Waals surface area (Å²) in [6, 6.07) is 7.46. The maximum absolute atomic E-state index is 10.9. The van der Waals surface area contributed by atoms with Crippen molar-refractivity contribution in [2.24, 2.45) is 0 Å². The number of rotatable bonds is 6. The minimum Gasteiger partial charge on any atom is -0.508 e. The van der Waals surface area contributed by atoms with Crippen LogP contribution in [0.4, 0.5) is 0 Å². The maximum Gasteiger partial charge on any atom is 0.120 e. The Kier molecular flexibility index (Phi) is 5.49. The first-order valence-corrected chi connectivity index (χ1v) is 7.19. The maximum atomic E-state index is 10.9.